The van der Waals surface area contributed by atoms with E-state index < -0.39 is 32.5 Å². The fourth-order valence-electron chi connectivity index (χ4n) is 4.58. The maximum Gasteiger partial charge on any atom is 0.472 e. The van der Waals surface area contributed by atoms with E-state index in [0.717, 1.165) is 77.0 Å². The summed E-state index contributed by atoms with van der Waals surface area (Å²) in [5.74, 6) is -0.905. The van der Waals surface area contributed by atoms with Crippen molar-refractivity contribution < 1.29 is 42.1 Å². The molecule has 0 aromatic rings. The summed E-state index contributed by atoms with van der Waals surface area (Å²) in [6.45, 7) is 4.04. The van der Waals surface area contributed by atoms with Gasteiger partial charge in [0.05, 0.1) is 27.7 Å². The van der Waals surface area contributed by atoms with E-state index in [-0.39, 0.29) is 26.1 Å². The van der Waals surface area contributed by atoms with Gasteiger partial charge in [-0.2, -0.15) is 0 Å². The van der Waals surface area contributed by atoms with E-state index in [1.165, 1.54) is 0 Å². The monoisotopic (exact) mass is 775 g/mol. The number of phosphoric acid groups is 1. The highest BCUT2D eigenvalue weighted by Gasteiger charge is 2.27. The Morgan fingerprint density at radius 3 is 1.72 bits per heavy atom. The molecule has 0 aromatic heterocycles. The van der Waals surface area contributed by atoms with Crippen LogP contribution in [0.5, 0.6) is 0 Å². The molecule has 2 atom stereocenters. The molecule has 0 aliphatic carbocycles. The zero-order chi connectivity index (χ0) is 40.0. The van der Waals surface area contributed by atoms with Gasteiger partial charge in [0.25, 0.3) is 0 Å². The van der Waals surface area contributed by atoms with Crippen molar-refractivity contribution in [1.82, 2.24) is 0 Å². The molecule has 0 fully saturated rings. The second-order valence-corrected chi connectivity index (χ2v) is 15.4. The van der Waals surface area contributed by atoms with Gasteiger partial charge in [-0.3, -0.25) is 18.6 Å². The maximum absolute atomic E-state index is 12.6. The van der Waals surface area contributed by atoms with Crippen molar-refractivity contribution in [3.05, 3.63) is 97.2 Å². The molecule has 2 unspecified atom stereocenters. The van der Waals surface area contributed by atoms with Crippen LogP contribution in [0, 0.1) is 0 Å². The number of quaternary nitrogens is 1. The van der Waals surface area contributed by atoms with Gasteiger partial charge in [-0.25, -0.2) is 4.57 Å². The Balaban J connectivity index is 4.56. The predicted molar refractivity (Wildman–Crippen MR) is 224 cm³/mol. The van der Waals surface area contributed by atoms with E-state index in [1.807, 2.05) is 45.4 Å². The summed E-state index contributed by atoms with van der Waals surface area (Å²) in [7, 11) is 1.41. The standard InChI is InChI=1S/C44H72NO8P/c1-6-8-10-12-14-16-18-20-21-22-23-25-26-28-30-32-34-36-43(46)50-40-42(41-52-54(48,49)51-39-38-45(3,4)5)53-44(47)37-35-33-31-29-27-24-19-17-15-13-11-9-7-2/h8-11,13-17,19-21,23,25,28,30,42H,6-7,12,18,22,24,26-27,29,31-41H2,1-5H3/p+1/b10-8+,11-9+,15-13+,16-14+,19-17+,21-20+,25-23+,30-28+. The maximum atomic E-state index is 12.6. The number of rotatable bonds is 34. The van der Waals surface area contributed by atoms with Gasteiger partial charge in [0.15, 0.2) is 6.10 Å². The minimum absolute atomic E-state index is 0.0125. The van der Waals surface area contributed by atoms with Gasteiger partial charge in [-0.05, 0) is 70.6 Å². The van der Waals surface area contributed by atoms with Crippen molar-refractivity contribution in [3.8, 4) is 0 Å². The van der Waals surface area contributed by atoms with Crippen molar-refractivity contribution in [3.63, 3.8) is 0 Å². The third-order valence-corrected chi connectivity index (χ3v) is 8.65. The third kappa shape index (κ3) is 38.6. The Bertz CT molecular complexity index is 1240. The van der Waals surface area contributed by atoms with Crippen LogP contribution < -0.4 is 0 Å². The fourth-order valence-corrected chi connectivity index (χ4v) is 5.32. The lowest BCUT2D eigenvalue weighted by Gasteiger charge is -2.24. The Morgan fingerprint density at radius 2 is 1.11 bits per heavy atom. The molecule has 0 spiro atoms. The number of ether oxygens (including phenoxy) is 2. The zero-order valence-electron chi connectivity index (χ0n) is 34.2. The lowest BCUT2D eigenvalue weighted by molar-refractivity contribution is -0.870. The summed E-state index contributed by atoms with van der Waals surface area (Å²) in [6, 6.07) is 0. The van der Waals surface area contributed by atoms with Crippen LogP contribution in [0.2, 0.25) is 0 Å². The summed E-state index contributed by atoms with van der Waals surface area (Å²) in [4.78, 5) is 35.2. The van der Waals surface area contributed by atoms with Crippen molar-refractivity contribution in [2.75, 3.05) is 47.5 Å². The summed E-state index contributed by atoms with van der Waals surface area (Å²) < 4.78 is 34.1. The first-order chi connectivity index (χ1) is 26.0. The van der Waals surface area contributed by atoms with Crippen molar-refractivity contribution in [2.24, 2.45) is 0 Å². The molecule has 0 amide bonds. The number of carbonyl (C=O) groups is 2. The average Bonchev–Trinajstić information content (AvgIpc) is 3.12. The number of phosphoric ester groups is 1. The number of allylic oxidation sites excluding steroid dienone is 16. The number of hydrogen-bond acceptors (Lipinski definition) is 7. The molecular formula is C44H73NO8P+. The van der Waals surface area contributed by atoms with Gasteiger partial charge in [0.1, 0.15) is 19.8 Å². The largest absolute Gasteiger partial charge is 0.472 e. The molecule has 0 aliphatic rings. The SMILES string of the molecule is CC/C=C/C=C/C=C/CCCCCCCC(=O)OC(COC(=O)CCC/C=C/C/C=C/C/C=C/C/C=C/C/C=C/CC)COP(=O)(O)OCC[N+](C)(C)C. The second kappa shape index (κ2) is 35.6. The number of hydrogen-bond donors (Lipinski definition) is 1. The minimum Gasteiger partial charge on any atom is -0.462 e. The average molecular weight is 775 g/mol. The first-order valence-electron chi connectivity index (χ1n) is 20.0. The minimum atomic E-state index is -4.40. The van der Waals surface area contributed by atoms with Crippen LogP contribution >= 0.6 is 7.82 Å². The molecule has 0 aromatic carbocycles. The number of esters is 2. The van der Waals surface area contributed by atoms with Crippen LogP contribution in [0.15, 0.2) is 97.2 Å². The Labute approximate surface area is 328 Å². The summed E-state index contributed by atoms with van der Waals surface area (Å²) >= 11 is 0. The number of likely N-dealkylation sites (N-methyl/N-ethyl adjacent to an activating group) is 1. The Morgan fingerprint density at radius 1 is 0.593 bits per heavy atom. The highest BCUT2D eigenvalue weighted by molar-refractivity contribution is 7.47. The van der Waals surface area contributed by atoms with E-state index in [9.17, 15) is 19.0 Å². The summed E-state index contributed by atoms with van der Waals surface area (Å²) in [5, 5.41) is 0. The van der Waals surface area contributed by atoms with Crippen LogP contribution in [-0.4, -0.2) is 74.9 Å². The highest BCUT2D eigenvalue weighted by atomic mass is 31.2. The van der Waals surface area contributed by atoms with Crippen molar-refractivity contribution in [1.29, 1.82) is 0 Å². The molecular weight excluding hydrogens is 701 g/mol. The normalized spacial score (nSPS) is 14.7. The number of carbonyl (C=O) groups excluding carboxylic acids is 2. The highest BCUT2D eigenvalue weighted by Crippen LogP contribution is 2.43. The van der Waals surface area contributed by atoms with Crippen LogP contribution in [-0.2, 0) is 32.7 Å². The van der Waals surface area contributed by atoms with Gasteiger partial charge in [0, 0.05) is 12.8 Å². The first kappa shape index (κ1) is 50.9. The molecule has 0 aliphatic heterocycles. The van der Waals surface area contributed by atoms with Crippen LogP contribution in [0.3, 0.4) is 0 Å². The fraction of sp³-hybridized carbons (Fsp3) is 0.591. The van der Waals surface area contributed by atoms with Crippen LogP contribution in [0.4, 0.5) is 0 Å². The van der Waals surface area contributed by atoms with Gasteiger partial charge >= 0.3 is 19.8 Å². The Kier molecular flexibility index (Phi) is 33.6. The van der Waals surface area contributed by atoms with Gasteiger partial charge in [0.2, 0.25) is 0 Å². The lowest BCUT2D eigenvalue weighted by atomic mass is 10.1. The van der Waals surface area contributed by atoms with E-state index in [2.05, 4.69) is 86.8 Å². The molecule has 306 valence electrons. The molecule has 1 N–H and O–H groups in total. The molecule has 54 heavy (non-hydrogen) atoms. The van der Waals surface area contributed by atoms with E-state index >= 15 is 0 Å². The topological polar surface area (TPSA) is 108 Å². The molecule has 0 rings (SSSR count). The summed E-state index contributed by atoms with van der Waals surface area (Å²) in [6.07, 6.45) is 46.1. The van der Waals surface area contributed by atoms with Crippen molar-refractivity contribution >= 4 is 19.8 Å². The van der Waals surface area contributed by atoms with Crippen LogP contribution in [0.1, 0.15) is 117 Å². The van der Waals surface area contributed by atoms with E-state index in [4.69, 9.17) is 18.5 Å². The van der Waals surface area contributed by atoms with Gasteiger partial charge < -0.3 is 18.9 Å². The third-order valence-electron chi connectivity index (χ3n) is 7.67. The molecule has 9 nitrogen and oxygen atoms in total. The number of unbranched alkanes of at least 4 members (excludes halogenated alkanes) is 6. The molecule has 0 saturated carbocycles. The first-order valence-corrected chi connectivity index (χ1v) is 21.5. The molecule has 10 heteroatoms. The summed E-state index contributed by atoms with van der Waals surface area (Å²) in [5.41, 5.74) is 0. The van der Waals surface area contributed by atoms with Crippen LogP contribution in [0.25, 0.3) is 0 Å². The molecule has 0 heterocycles. The smallest absolute Gasteiger partial charge is 0.462 e. The van der Waals surface area contributed by atoms with Gasteiger partial charge in [-0.15, -0.1) is 0 Å². The van der Waals surface area contributed by atoms with E-state index in [0.29, 0.717) is 23.9 Å². The molecule has 0 saturated heterocycles. The molecule has 0 radical (unpaired) electrons. The molecule has 0 bridgehead atoms. The van der Waals surface area contributed by atoms with E-state index in [1.54, 1.807) is 0 Å². The van der Waals surface area contributed by atoms with Gasteiger partial charge in [-0.1, -0.05) is 130 Å². The second-order valence-electron chi connectivity index (χ2n) is 14.0. The number of nitrogens with zero attached hydrogens (tertiary/aromatic N) is 1. The van der Waals surface area contributed by atoms with Crippen molar-refractivity contribution in [2.45, 2.75) is 123 Å². The quantitative estimate of drug-likeness (QED) is 0.0172. The zero-order valence-corrected chi connectivity index (χ0v) is 35.1. The Hall–Kier alpha value is -3.07. The lowest BCUT2D eigenvalue weighted by Crippen LogP contribution is -2.37. The predicted octanol–water partition coefficient (Wildman–Crippen LogP) is 11.0.